The summed E-state index contributed by atoms with van der Waals surface area (Å²) in [6, 6.07) is 4.68. The van der Waals surface area contributed by atoms with Crippen molar-refractivity contribution in [3.8, 4) is 6.07 Å². The smallest absolute Gasteiger partial charge is 0.144 e. The number of nitrogens with zero attached hydrogens (tertiary/aromatic N) is 2. The van der Waals surface area contributed by atoms with Crippen molar-refractivity contribution in [1.82, 2.24) is 4.98 Å². The number of anilines is 1. The molecular formula is C17H23N3O. The van der Waals surface area contributed by atoms with E-state index in [1.54, 1.807) is 0 Å². The Labute approximate surface area is 126 Å². The van der Waals surface area contributed by atoms with Gasteiger partial charge in [0.2, 0.25) is 0 Å². The van der Waals surface area contributed by atoms with Crippen LogP contribution in [0.15, 0.2) is 6.07 Å². The van der Waals surface area contributed by atoms with E-state index in [-0.39, 0.29) is 0 Å². The van der Waals surface area contributed by atoms with Crippen molar-refractivity contribution in [3.05, 3.63) is 22.9 Å². The zero-order valence-corrected chi connectivity index (χ0v) is 12.7. The van der Waals surface area contributed by atoms with E-state index in [1.165, 1.54) is 24.1 Å². The van der Waals surface area contributed by atoms with Gasteiger partial charge in [-0.25, -0.2) is 4.98 Å². The first-order chi connectivity index (χ1) is 10.3. The van der Waals surface area contributed by atoms with Crippen LogP contribution in [0, 0.1) is 17.2 Å². The average molecular weight is 285 g/mol. The predicted molar refractivity (Wildman–Crippen MR) is 82.2 cm³/mol. The van der Waals surface area contributed by atoms with Crippen LogP contribution in [-0.4, -0.2) is 24.2 Å². The lowest BCUT2D eigenvalue weighted by molar-refractivity contribution is 0.0622. The Morgan fingerprint density at radius 1 is 1.33 bits per heavy atom. The summed E-state index contributed by atoms with van der Waals surface area (Å²) in [6.07, 6.45) is 6.70. The molecule has 1 unspecified atom stereocenters. The van der Waals surface area contributed by atoms with Gasteiger partial charge in [0.1, 0.15) is 11.9 Å². The number of nitriles is 1. The number of aromatic nitrogens is 1. The molecule has 112 valence electrons. The standard InChI is InChI=1S/C17H23N3O/c1-12(13-6-8-21-9-7-13)19-17-15(11-18)10-14-4-2-3-5-16(14)20-17/h10,12-13H,2-9H2,1H3,(H,19,20). The van der Waals surface area contributed by atoms with Gasteiger partial charge in [0.15, 0.2) is 0 Å². The van der Waals surface area contributed by atoms with Gasteiger partial charge in [0, 0.05) is 24.9 Å². The molecule has 0 bridgehead atoms. The minimum Gasteiger partial charge on any atom is -0.381 e. The molecule has 1 aromatic rings. The molecule has 1 fully saturated rings. The normalized spacial score (nSPS) is 20.4. The third-order valence-corrected chi connectivity index (χ3v) is 4.76. The second kappa shape index (κ2) is 6.44. The van der Waals surface area contributed by atoms with Gasteiger partial charge in [-0.1, -0.05) is 0 Å². The number of nitrogens with one attached hydrogen (secondary N) is 1. The molecule has 0 aromatic carbocycles. The lowest BCUT2D eigenvalue weighted by Crippen LogP contribution is -2.31. The Hall–Kier alpha value is -1.60. The lowest BCUT2D eigenvalue weighted by Gasteiger charge is -2.29. The maximum absolute atomic E-state index is 9.39. The summed E-state index contributed by atoms with van der Waals surface area (Å²) >= 11 is 0. The number of aryl methyl sites for hydroxylation is 2. The molecule has 4 heteroatoms. The minimum atomic E-state index is 0.329. The molecule has 2 heterocycles. The van der Waals surface area contributed by atoms with Crippen molar-refractivity contribution in [2.24, 2.45) is 5.92 Å². The molecule has 1 aliphatic heterocycles. The maximum Gasteiger partial charge on any atom is 0.144 e. The first-order valence-electron chi connectivity index (χ1n) is 8.05. The van der Waals surface area contributed by atoms with Crippen LogP contribution in [0.5, 0.6) is 0 Å². The number of ether oxygens (including phenoxy) is 1. The number of hydrogen-bond donors (Lipinski definition) is 1. The van der Waals surface area contributed by atoms with Gasteiger partial charge in [-0.3, -0.25) is 0 Å². The van der Waals surface area contributed by atoms with Gasteiger partial charge >= 0.3 is 0 Å². The monoisotopic (exact) mass is 285 g/mol. The highest BCUT2D eigenvalue weighted by Crippen LogP contribution is 2.27. The fourth-order valence-corrected chi connectivity index (χ4v) is 3.38. The molecule has 3 rings (SSSR count). The number of fused-ring (bicyclic) bond motifs is 1. The average Bonchev–Trinajstić information content (AvgIpc) is 2.55. The highest BCUT2D eigenvalue weighted by Gasteiger charge is 2.22. The van der Waals surface area contributed by atoms with Gasteiger partial charge in [-0.15, -0.1) is 0 Å². The minimum absolute atomic E-state index is 0.329. The van der Waals surface area contributed by atoms with E-state index in [0.29, 0.717) is 17.5 Å². The molecule has 21 heavy (non-hydrogen) atoms. The molecule has 0 radical (unpaired) electrons. The molecule has 4 nitrogen and oxygen atoms in total. The maximum atomic E-state index is 9.39. The topological polar surface area (TPSA) is 57.9 Å². The molecule has 1 saturated heterocycles. The first-order valence-corrected chi connectivity index (χ1v) is 8.05. The van der Waals surface area contributed by atoms with Crippen molar-refractivity contribution in [2.45, 2.75) is 51.5 Å². The van der Waals surface area contributed by atoms with E-state index in [0.717, 1.165) is 44.7 Å². The van der Waals surface area contributed by atoms with Crippen LogP contribution in [-0.2, 0) is 17.6 Å². The van der Waals surface area contributed by atoms with Crippen molar-refractivity contribution in [2.75, 3.05) is 18.5 Å². The summed E-state index contributed by atoms with van der Waals surface area (Å²) in [5.41, 5.74) is 3.14. The van der Waals surface area contributed by atoms with E-state index in [9.17, 15) is 5.26 Å². The number of rotatable bonds is 3. The largest absolute Gasteiger partial charge is 0.381 e. The fraction of sp³-hybridized carbons (Fsp3) is 0.647. The van der Waals surface area contributed by atoms with E-state index in [4.69, 9.17) is 9.72 Å². The zero-order chi connectivity index (χ0) is 14.7. The molecule has 0 saturated carbocycles. The lowest BCUT2D eigenvalue weighted by atomic mass is 9.92. The fourth-order valence-electron chi connectivity index (χ4n) is 3.38. The molecule has 1 N–H and O–H groups in total. The SMILES string of the molecule is CC(Nc1nc2c(cc1C#N)CCCC2)C1CCOCC1. The van der Waals surface area contributed by atoms with Gasteiger partial charge in [-0.05, 0) is 63.0 Å². The van der Waals surface area contributed by atoms with Gasteiger partial charge in [0.25, 0.3) is 0 Å². The van der Waals surface area contributed by atoms with E-state index >= 15 is 0 Å². The van der Waals surface area contributed by atoms with Crippen LogP contribution in [0.2, 0.25) is 0 Å². The summed E-state index contributed by atoms with van der Waals surface area (Å²) in [7, 11) is 0. The zero-order valence-electron chi connectivity index (χ0n) is 12.7. The quantitative estimate of drug-likeness (QED) is 0.927. The van der Waals surface area contributed by atoms with Gasteiger partial charge in [-0.2, -0.15) is 5.26 Å². The van der Waals surface area contributed by atoms with Crippen molar-refractivity contribution >= 4 is 5.82 Å². The van der Waals surface area contributed by atoms with Crippen molar-refractivity contribution < 1.29 is 4.74 Å². The van der Waals surface area contributed by atoms with Crippen LogP contribution in [0.1, 0.15) is 49.4 Å². The first kappa shape index (κ1) is 14.3. The summed E-state index contributed by atoms with van der Waals surface area (Å²) < 4.78 is 5.42. The van der Waals surface area contributed by atoms with Crippen LogP contribution in [0.3, 0.4) is 0 Å². The second-order valence-electron chi connectivity index (χ2n) is 6.19. The van der Waals surface area contributed by atoms with E-state index in [1.807, 2.05) is 6.07 Å². The van der Waals surface area contributed by atoms with Crippen LogP contribution in [0.4, 0.5) is 5.82 Å². The molecule has 0 spiro atoms. The van der Waals surface area contributed by atoms with Gasteiger partial charge in [0.05, 0.1) is 5.56 Å². The van der Waals surface area contributed by atoms with Crippen LogP contribution in [0.25, 0.3) is 0 Å². The Morgan fingerprint density at radius 3 is 2.86 bits per heavy atom. The van der Waals surface area contributed by atoms with E-state index in [2.05, 4.69) is 18.3 Å². The third kappa shape index (κ3) is 3.19. The molecule has 2 aliphatic rings. The molecule has 1 aliphatic carbocycles. The Balaban J connectivity index is 1.79. The summed E-state index contributed by atoms with van der Waals surface area (Å²) in [6.45, 7) is 3.89. The number of pyridine rings is 1. The predicted octanol–water partition coefficient (Wildman–Crippen LogP) is 3.06. The van der Waals surface area contributed by atoms with Crippen LogP contribution >= 0.6 is 0 Å². The Morgan fingerprint density at radius 2 is 2.10 bits per heavy atom. The molecule has 1 aromatic heterocycles. The highest BCUT2D eigenvalue weighted by molar-refractivity contribution is 5.55. The summed E-state index contributed by atoms with van der Waals surface area (Å²) in [4.78, 5) is 4.75. The Bertz CT molecular complexity index is 544. The van der Waals surface area contributed by atoms with Crippen molar-refractivity contribution in [1.29, 1.82) is 5.26 Å². The van der Waals surface area contributed by atoms with Crippen LogP contribution < -0.4 is 5.32 Å². The summed E-state index contributed by atoms with van der Waals surface area (Å²) in [5.74, 6) is 1.38. The van der Waals surface area contributed by atoms with Crippen molar-refractivity contribution in [3.63, 3.8) is 0 Å². The molecule has 0 amide bonds. The molecular weight excluding hydrogens is 262 g/mol. The van der Waals surface area contributed by atoms with E-state index < -0.39 is 0 Å². The number of hydrogen-bond acceptors (Lipinski definition) is 4. The van der Waals surface area contributed by atoms with Gasteiger partial charge < -0.3 is 10.1 Å². The second-order valence-corrected chi connectivity index (χ2v) is 6.19. The summed E-state index contributed by atoms with van der Waals surface area (Å²) in [5, 5.41) is 12.9. The highest BCUT2D eigenvalue weighted by atomic mass is 16.5. The third-order valence-electron chi connectivity index (χ3n) is 4.76. The Kier molecular flexibility index (Phi) is 4.40. The molecule has 1 atom stereocenters.